The van der Waals surface area contributed by atoms with E-state index in [9.17, 15) is 9.59 Å². The molecule has 0 aliphatic rings. The van der Waals surface area contributed by atoms with Crippen LogP contribution in [-0.2, 0) is 0 Å². The predicted molar refractivity (Wildman–Crippen MR) is 74.4 cm³/mol. The van der Waals surface area contributed by atoms with E-state index in [1.165, 1.54) is 12.1 Å². The molecule has 0 fully saturated rings. The number of carbonyl (C=O) groups is 2. The van der Waals surface area contributed by atoms with Gasteiger partial charge in [-0.1, -0.05) is 39.8 Å². The minimum atomic E-state index is -1.09. The van der Waals surface area contributed by atoms with Gasteiger partial charge in [-0.05, 0) is 23.5 Å². The highest BCUT2D eigenvalue weighted by molar-refractivity contribution is 6.04. The number of hydrogen-bond donors (Lipinski definition) is 2. The summed E-state index contributed by atoms with van der Waals surface area (Å²) in [5, 5.41) is 11.9. The first kappa shape index (κ1) is 15.2. The first-order valence-electron chi connectivity index (χ1n) is 6.36. The van der Waals surface area contributed by atoms with Crippen molar-refractivity contribution in [2.75, 3.05) is 6.54 Å². The summed E-state index contributed by atoms with van der Waals surface area (Å²) < 4.78 is 0. The van der Waals surface area contributed by atoms with E-state index in [4.69, 9.17) is 5.11 Å². The van der Waals surface area contributed by atoms with E-state index in [1.54, 1.807) is 12.1 Å². The molecule has 0 radical (unpaired) electrons. The van der Waals surface area contributed by atoms with Crippen molar-refractivity contribution < 1.29 is 14.7 Å². The molecule has 0 aliphatic heterocycles. The molecule has 0 atom stereocenters. The molecule has 1 aromatic rings. The molecule has 0 unspecified atom stereocenters. The van der Waals surface area contributed by atoms with Crippen LogP contribution in [0.2, 0.25) is 0 Å². The van der Waals surface area contributed by atoms with E-state index in [2.05, 4.69) is 33.0 Å². The second-order valence-electron chi connectivity index (χ2n) is 5.68. The lowest BCUT2D eigenvalue weighted by Crippen LogP contribution is -2.37. The molecular weight excluding hydrogens is 242 g/mol. The van der Waals surface area contributed by atoms with Crippen LogP contribution in [0.1, 0.15) is 48.4 Å². The predicted octanol–water partition coefficient (Wildman–Crippen LogP) is 2.80. The summed E-state index contributed by atoms with van der Waals surface area (Å²) in [5.74, 6) is -1.01. The number of carboxylic acids is 1. The highest BCUT2D eigenvalue weighted by Gasteiger charge is 2.24. The van der Waals surface area contributed by atoms with Gasteiger partial charge in [0.2, 0.25) is 0 Å². The molecule has 2 N–H and O–H groups in total. The summed E-state index contributed by atoms with van der Waals surface area (Å²) in [7, 11) is 0. The summed E-state index contributed by atoms with van der Waals surface area (Å²) in [6, 6.07) is 6.24. The Morgan fingerprint density at radius 3 is 2.21 bits per heavy atom. The second kappa shape index (κ2) is 5.87. The third-order valence-electron chi connectivity index (χ3n) is 3.67. The molecule has 0 saturated carbocycles. The van der Waals surface area contributed by atoms with Gasteiger partial charge in [-0.2, -0.15) is 0 Å². The molecule has 0 heterocycles. The van der Waals surface area contributed by atoms with Crippen molar-refractivity contribution in [2.45, 2.75) is 27.7 Å². The number of carboxylic acid groups (broad SMARTS) is 1. The molecule has 0 aromatic heterocycles. The molecule has 0 aliphatic carbocycles. The molecule has 0 spiro atoms. The number of rotatable bonds is 5. The lowest BCUT2D eigenvalue weighted by atomic mass is 9.81. The zero-order valence-corrected chi connectivity index (χ0v) is 11.9. The molecule has 19 heavy (non-hydrogen) atoms. The van der Waals surface area contributed by atoms with Gasteiger partial charge in [-0.25, -0.2) is 4.79 Å². The Morgan fingerprint density at radius 1 is 1.21 bits per heavy atom. The van der Waals surface area contributed by atoms with Gasteiger partial charge < -0.3 is 10.4 Å². The summed E-state index contributed by atoms with van der Waals surface area (Å²) in [4.78, 5) is 23.1. The summed E-state index contributed by atoms with van der Waals surface area (Å²) in [6.45, 7) is 8.84. The van der Waals surface area contributed by atoms with E-state index in [0.29, 0.717) is 12.5 Å². The minimum Gasteiger partial charge on any atom is -0.478 e. The minimum absolute atomic E-state index is 0.0300. The van der Waals surface area contributed by atoms with Crippen LogP contribution in [-0.4, -0.2) is 23.5 Å². The lowest BCUT2D eigenvalue weighted by molar-refractivity contribution is 0.0690. The fraction of sp³-hybridized carbons (Fsp3) is 0.467. The topological polar surface area (TPSA) is 66.4 Å². The average Bonchev–Trinajstić information content (AvgIpc) is 2.35. The lowest BCUT2D eigenvalue weighted by Gasteiger charge is -2.29. The van der Waals surface area contributed by atoms with Crippen LogP contribution in [0.5, 0.6) is 0 Å². The molecule has 4 heteroatoms. The highest BCUT2D eigenvalue weighted by atomic mass is 16.4. The van der Waals surface area contributed by atoms with Gasteiger partial charge in [-0.15, -0.1) is 0 Å². The fourth-order valence-electron chi connectivity index (χ4n) is 1.48. The third-order valence-corrected chi connectivity index (χ3v) is 3.67. The van der Waals surface area contributed by atoms with E-state index in [-0.39, 0.29) is 22.4 Å². The maximum atomic E-state index is 12.1. The van der Waals surface area contributed by atoms with Crippen LogP contribution >= 0.6 is 0 Å². The largest absolute Gasteiger partial charge is 0.478 e. The van der Waals surface area contributed by atoms with Gasteiger partial charge in [0.15, 0.2) is 0 Å². The maximum Gasteiger partial charge on any atom is 0.336 e. The van der Waals surface area contributed by atoms with Crippen molar-refractivity contribution >= 4 is 11.9 Å². The second-order valence-corrected chi connectivity index (χ2v) is 5.68. The van der Waals surface area contributed by atoms with Crippen LogP contribution in [0.15, 0.2) is 24.3 Å². The van der Waals surface area contributed by atoms with E-state index in [1.807, 2.05) is 0 Å². The number of amides is 1. The third kappa shape index (κ3) is 3.81. The zero-order valence-electron chi connectivity index (χ0n) is 11.9. The summed E-state index contributed by atoms with van der Waals surface area (Å²) in [6.07, 6.45) is 0. The first-order chi connectivity index (χ1) is 8.75. The van der Waals surface area contributed by atoms with Gasteiger partial charge in [-0.3, -0.25) is 4.79 Å². The van der Waals surface area contributed by atoms with Gasteiger partial charge in [0.1, 0.15) is 0 Å². The van der Waals surface area contributed by atoms with E-state index < -0.39 is 5.97 Å². The molecular formula is C15H21NO3. The Bertz CT molecular complexity index is 478. The molecule has 1 amide bonds. The van der Waals surface area contributed by atoms with Crippen molar-refractivity contribution in [3.63, 3.8) is 0 Å². The van der Waals surface area contributed by atoms with Gasteiger partial charge >= 0.3 is 5.97 Å². The van der Waals surface area contributed by atoms with Crippen molar-refractivity contribution in [2.24, 2.45) is 11.3 Å². The fourth-order valence-corrected chi connectivity index (χ4v) is 1.48. The van der Waals surface area contributed by atoms with Crippen LogP contribution in [0.25, 0.3) is 0 Å². The van der Waals surface area contributed by atoms with Crippen LogP contribution in [0.4, 0.5) is 0 Å². The van der Waals surface area contributed by atoms with Crippen molar-refractivity contribution in [1.82, 2.24) is 5.32 Å². The monoisotopic (exact) mass is 263 g/mol. The number of aromatic carboxylic acids is 1. The van der Waals surface area contributed by atoms with Crippen LogP contribution < -0.4 is 5.32 Å². The zero-order chi connectivity index (χ0) is 14.6. The highest BCUT2D eigenvalue weighted by Crippen LogP contribution is 2.24. The van der Waals surface area contributed by atoms with Crippen molar-refractivity contribution in [1.29, 1.82) is 0 Å². The van der Waals surface area contributed by atoms with Gasteiger partial charge in [0.25, 0.3) is 5.91 Å². The maximum absolute atomic E-state index is 12.1. The Hall–Kier alpha value is -1.84. The Kier molecular flexibility index (Phi) is 4.70. The SMILES string of the molecule is CC(C)C(C)(C)CNC(=O)c1ccccc1C(=O)O. The first-order valence-corrected chi connectivity index (χ1v) is 6.36. The molecule has 4 nitrogen and oxygen atoms in total. The number of carbonyl (C=O) groups excluding carboxylic acids is 1. The standard InChI is InChI=1S/C15H21NO3/c1-10(2)15(3,4)9-16-13(17)11-7-5-6-8-12(11)14(18)19/h5-8,10H,9H2,1-4H3,(H,16,17)(H,18,19). The number of benzene rings is 1. The van der Waals surface area contributed by atoms with E-state index in [0.717, 1.165) is 0 Å². The quantitative estimate of drug-likeness (QED) is 0.858. The Labute approximate surface area is 113 Å². The summed E-state index contributed by atoms with van der Waals surface area (Å²) >= 11 is 0. The normalized spacial score (nSPS) is 11.4. The Balaban J connectivity index is 2.83. The van der Waals surface area contributed by atoms with Crippen molar-refractivity contribution in [3.05, 3.63) is 35.4 Å². The molecule has 1 aromatic carbocycles. The van der Waals surface area contributed by atoms with Crippen LogP contribution in [0, 0.1) is 11.3 Å². The molecule has 0 saturated heterocycles. The summed E-state index contributed by atoms with van der Waals surface area (Å²) in [5.41, 5.74) is 0.199. The molecule has 104 valence electrons. The van der Waals surface area contributed by atoms with Gasteiger partial charge in [0.05, 0.1) is 11.1 Å². The molecule has 1 rings (SSSR count). The Morgan fingerprint density at radius 2 is 1.74 bits per heavy atom. The number of nitrogens with one attached hydrogen (secondary N) is 1. The van der Waals surface area contributed by atoms with Crippen LogP contribution in [0.3, 0.4) is 0 Å². The average molecular weight is 263 g/mol. The molecule has 0 bridgehead atoms. The smallest absolute Gasteiger partial charge is 0.336 e. The van der Waals surface area contributed by atoms with Crippen molar-refractivity contribution in [3.8, 4) is 0 Å². The van der Waals surface area contributed by atoms with E-state index >= 15 is 0 Å². The van der Waals surface area contributed by atoms with Gasteiger partial charge in [0, 0.05) is 6.54 Å². The number of hydrogen-bond acceptors (Lipinski definition) is 2.